The molecular weight excluding hydrogens is 222 g/mol. The van der Waals surface area contributed by atoms with E-state index in [-0.39, 0.29) is 17.6 Å². The van der Waals surface area contributed by atoms with Gasteiger partial charge in [0.2, 0.25) is 0 Å². The van der Waals surface area contributed by atoms with Gasteiger partial charge in [-0.25, -0.2) is 0 Å². The van der Waals surface area contributed by atoms with Crippen LogP contribution in [-0.4, -0.2) is 23.4 Å². The molecule has 0 aromatic heterocycles. The summed E-state index contributed by atoms with van der Waals surface area (Å²) >= 11 is 0. The quantitative estimate of drug-likeness (QED) is 0.602. The van der Waals surface area contributed by atoms with Crippen molar-refractivity contribution >= 4 is 11.6 Å². The highest BCUT2D eigenvalue weighted by Gasteiger charge is 2.18. The monoisotopic (exact) mass is 237 g/mol. The highest BCUT2D eigenvalue weighted by molar-refractivity contribution is 5.96. The zero-order chi connectivity index (χ0) is 13.0. The van der Waals surface area contributed by atoms with Crippen LogP contribution in [0.3, 0.4) is 0 Å². The molecule has 1 aromatic carbocycles. The van der Waals surface area contributed by atoms with E-state index in [1.807, 2.05) is 0 Å². The average molecular weight is 237 g/mol. The lowest BCUT2D eigenvalue weighted by Gasteiger charge is -2.12. The van der Waals surface area contributed by atoms with Crippen LogP contribution in [0.25, 0.3) is 0 Å². The van der Waals surface area contributed by atoms with Crippen molar-refractivity contribution in [2.75, 3.05) is 6.54 Å². The molecule has 0 aliphatic heterocycles. The molecule has 1 rings (SSSR count). The molecule has 0 unspecified atom stereocenters. The number of nitro groups is 1. The highest BCUT2D eigenvalue weighted by atomic mass is 16.6. The molecule has 1 amide bonds. The van der Waals surface area contributed by atoms with Crippen molar-refractivity contribution in [3.63, 3.8) is 0 Å². The van der Waals surface area contributed by atoms with Crippen molar-refractivity contribution in [2.45, 2.75) is 19.9 Å². The Labute approximate surface area is 99.0 Å². The van der Waals surface area contributed by atoms with Crippen molar-refractivity contribution in [2.24, 2.45) is 5.73 Å². The summed E-state index contributed by atoms with van der Waals surface area (Å²) in [5.41, 5.74) is 6.00. The molecule has 6 heteroatoms. The standard InChI is InChI=1S/C11H15N3O3/c1-7(6-12)13-11(15)9-4-3-5-10(8(9)2)14(16)17/h3-5,7H,6,12H2,1-2H3,(H,13,15)/t7-/m0/s1. The number of carbonyl (C=O) groups excluding carboxylic acids is 1. The number of carbonyl (C=O) groups is 1. The Morgan fingerprint density at radius 3 is 2.76 bits per heavy atom. The Morgan fingerprint density at radius 2 is 2.24 bits per heavy atom. The summed E-state index contributed by atoms with van der Waals surface area (Å²) < 4.78 is 0. The fourth-order valence-corrected chi connectivity index (χ4v) is 1.43. The summed E-state index contributed by atoms with van der Waals surface area (Å²) in [6, 6.07) is 4.26. The maximum Gasteiger partial charge on any atom is 0.273 e. The first kappa shape index (κ1) is 13.1. The minimum atomic E-state index is -0.502. The normalized spacial score (nSPS) is 11.9. The smallest absolute Gasteiger partial charge is 0.273 e. The molecule has 0 saturated carbocycles. The van der Waals surface area contributed by atoms with Crippen LogP contribution in [0.1, 0.15) is 22.8 Å². The Hall–Kier alpha value is -1.95. The minimum absolute atomic E-state index is 0.0574. The number of rotatable bonds is 4. The van der Waals surface area contributed by atoms with Gasteiger partial charge in [-0.15, -0.1) is 0 Å². The van der Waals surface area contributed by atoms with E-state index in [0.29, 0.717) is 17.7 Å². The van der Waals surface area contributed by atoms with Crippen molar-refractivity contribution in [1.82, 2.24) is 5.32 Å². The molecule has 3 N–H and O–H groups in total. The number of nitro benzene ring substituents is 1. The third-order valence-corrected chi connectivity index (χ3v) is 2.48. The lowest BCUT2D eigenvalue weighted by Crippen LogP contribution is -2.38. The van der Waals surface area contributed by atoms with Crippen molar-refractivity contribution in [3.8, 4) is 0 Å². The Morgan fingerprint density at radius 1 is 1.59 bits per heavy atom. The summed E-state index contributed by atoms with van der Waals surface area (Å²) in [5, 5.41) is 13.4. The number of hydrogen-bond acceptors (Lipinski definition) is 4. The second kappa shape index (κ2) is 5.40. The van der Waals surface area contributed by atoms with E-state index in [2.05, 4.69) is 5.32 Å². The van der Waals surface area contributed by atoms with Crippen LogP contribution >= 0.6 is 0 Å². The van der Waals surface area contributed by atoms with Crippen LogP contribution in [0, 0.1) is 17.0 Å². The molecular formula is C11H15N3O3. The number of nitrogens with one attached hydrogen (secondary N) is 1. The van der Waals surface area contributed by atoms with E-state index in [4.69, 9.17) is 5.73 Å². The molecule has 0 heterocycles. The highest BCUT2D eigenvalue weighted by Crippen LogP contribution is 2.20. The largest absolute Gasteiger partial charge is 0.348 e. The van der Waals surface area contributed by atoms with Crippen LogP contribution in [0.15, 0.2) is 18.2 Å². The maximum atomic E-state index is 11.8. The number of amides is 1. The molecule has 1 atom stereocenters. The fourth-order valence-electron chi connectivity index (χ4n) is 1.43. The van der Waals surface area contributed by atoms with Gasteiger partial charge in [0.15, 0.2) is 0 Å². The number of nitrogens with zero attached hydrogens (tertiary/aromatic N) is 1. The number of nitrogens with two attached hydrogens (primary N) is 1. The van der Waals surface area contributed by atoms with Gasteiger partial charge < -0.3 is 11.1 Å². The average Bonchev–Trinajstić information content (AvgIpc) is 2.28. The van der Waals surface area contributed by atoms with E-state index in [0.717, 1.165) is 0 Å². The SMILES string of the molecule is Cc1c(C(=O)N[C@@H](C)CN)cccc1[N+](=O)[O-]. The van der Waals surface area contributed by atoms with E-state index in [9.17, 15) is 14.9 Å². The molecule has 92 valence electrons. The Kier molecular flexibility index (Phi) is 4.17. The van der Waals surface area contributed by atoms with E-state index in [1.165, 1.54) is 12.1 Å². The zero-order valence-electron chi connectivity index (χ0n) is 9.77. The van der Waals surface area contributed by atoms with Crippen LogP contribution in [-0.2, 0) is 0 Å². The second-order valence-corrected chi connectivity index (χ2v) is 3.82. The van der Waals surface area contributed by atoms with Crippen molar-refractivity contribution in [3.05, 3.63) is 39.4 Å². The maximum absolute atomic E-state index is 11.8. The fraction of sp³-hybridized carbons (Fsp3) is 0.364. The molecule has 17 heavy (non-hydrogen) atoms. The van der Waals surface area contributed by atoms with Gasteiger partial charge >= 0.3 is 0 Å². The molecule has 0 aliphatic carbocycles. The minimum Gasteiger partial charge on any atom is -0.348 e. The van der Waals surface area contributed by atoms with Crippen LogP contribution in [0.2, 0.25) is 0 Å². The molecule has 0 radical (unpaired) electrons. The van der Waals surface area contributed by atoms with Gasteiger partial charge in [-0.05, 0) is 19.9 Å². The first-order valence-electron chi connectivity index (χ1n) is 5.22. The molecule has 0 aliphatic rings. The molecule has 1 aromatic rings. The summed E-state index contributed by atoms with van der Waals surface area (Å²) in [6.07, 6.45) is 0. The van der Waals surface area contributed by atoms with Crippen LogP contribution in [0.5, 0.6) is 0 Å². The van der Waals surface area contributed by atoms with Gasteiger partial charge in [0.1, 0.15) is 0 Å². The summed E-state index contributed by atoms with van der Waals surface area (Å²) in [6.45, 7) is 3.64. The molecule has 0 spiro atoms. The molecule has 0 fully saturated rings. The molecule has 0 bridgehead atoms. The first-order chi connectivity index (χ1) is 7.97. The third kappa shape index (κ3) is 3.01. The van der Waals surface area contributed by atoms with E-state index in [1.54, 1.807) is 19.9 Å². The van der Waals surface area contributed by atoms with Gasteiger partial charge in [0, 0.05) is 29.8 Å². The number of hydrogen-bond donors (Lipinski definition) is 2. The van der Waals surface area contributed by atoms with E-state index >= 15 is 0 Å². The predicted octanol–water partition coefficient (Wildman–Crippen LogP) is 0.980. The topological polar surface area (TPSA) is 98.3 Å². The van der Waals surface area contributed by atoms with Crippen molar-refractivity contribution < 1.29 is 9.72 Å². The van der Waals surface area contributed by atoms with Gasteiger partial charge in [-0.2, -0.15) is 0 Å². The number of benzene rings is 1. The summed E-state index contributed by atoms with van der Waals surface area (Å²) in [4.78, 5) is 22.0. The molecule has 0 saturated heterocycles. The van der Waals surface area contributed by atoms with E-state index < -0.39 is 4.92 Å². The molecule has 6 nitrogen and oxygen atoms in total. The van der Waals surface area contributed by atoms with Crippen molar-refractivity contribution in [1.29, 1.82) is 0 Å². The third-order valence-electron chi connectivity index (χ3n) is 2.48. The Balaban J connectivity index is 3.02. The Bertz CT molecular complexity index is 446. The lowest BCUT2D eigenvalue weighted by molar-refractivity contribution is -0.385. The summed E-state index contributed by atoms with van der Waals surface area (Å²) in [5.74, 6) is -0.343. The van der Waals surface area contributed by atoms with Gasteiger partial charge in [-0.1, -0.05) is 6.07 Å². The van der Waals surface area contributed by atoms with Crippen LogP contribution < -0.4 is 11.1 Å². The second-order valence-electron chi connectivity index (χ2n) is 3.82. The predicted molar refractivity (Wildman–Crippen MR) is 63.8 cm³/mol. The summed E-state index contributed by atoms with van der Waals surface area (Å²) in [7, 11) is 0. The van der Waals surface area contributed by atoms with Gasteiger partial charge in [0.25, 0.3) is 11.6 Å². The zero-order valence-corrected chi connectivity index (χ0v) is 9.77. The lowest BCUT2D eigenvalue weighted by atomic mass is 10.1. The van der Waals surface area contributed by atoms with Gasteiger partial charge in [-0.3, -0.25) is 14.9 Å². The van der Waals surface area contributed by atoms with Gasteiger partial charge in [0.05, 0.1) is 4.92 Å². The first-order valence-corrected chi connectivity index (χ1v) is 5.22. The van der Waals surface area contributed by atoms with Crippen LogP contribution in [0.4, 0.5) is 5.69 Å².